The molecule has 8 atom stereocenters. The van der Waals surface area contributed by atoms with Gasteiger partial charge in [0.15, 0.2) is 0 Å². The summed E-state index contributed by atoms with van der Waals surface area (Å²) in [4.78, 5) is 47.5. The van der Waals surface area contributed by atoms with Crippen LogP contribution < -0.4 is 0 Å². The van der Waals surface area contributed by atoms with Crippen molar-refractivity contribution in [2.75, 3.05) is 0 Å². The van der Waals surface area contributed by atoms with Gasteiger partial charge in [-0.3, -0.25) is 14.4 Å². The standard InChI is InChI=1S/C43H72O10/c1-6-7-8-9-10-14-17-20-23-37(50-33(4)45)39-25-27-41(52-39)42-28-26-40(53-42)38(51-34(5)46)24-21-18-15-12-11-13-16-19-22-36(49-32(3)44)30-35-29-31(2)48-43(35)47/h29,31,36-42H,6-28,30H2,1-5H3/t31-,36+,37-,38+,39+,40+,41-,42-/m0/s1. The van der Waals surface area contributed by atoms with Crippen molar-refractivity contribution in [3.8, 4) is 0 Å². The molecule has 3 aliphatic rings. The third-order valence-corrected chi connectivity index (χ3v) is 10.9. The maximum absolute atomic E-state index is 12.0. The molecule has 0 N–H and O–H groups in total. The molecule has 0 spiro atoms. The summed E-state index contributed by atoms with van der Waals surface area (Å²) in [6.45, 7) is 8.44. The second kappa shape index (κ2) is 25.6. The van der Waals surface area contributed by atoms with E-state index in [-0.39, 0.29) is 72.7 Å². The molecule has 0 aromatic carbocycles. The maximum Gasteiger partial charge on any atom is 0.334 e. The molecule has 10 nitrogen and oxygen atoms in total. The summed E-state index contributed by atoms with van der Waals surface area (Å²) in [5.41, 5.74) is 0.602. The van der Waals surface area contributed by atoms with Crippen LogP contribution in [0.15, 0.2) is 11.6 Å². The molecule has 0 aromatic heterocycles. The molecule has 3 heterocycles. The van der Waals surface area contributed by atoms with Gasteiger partial charge in [0.1, 0.15) is 24.4 Å². The lowest BCUT2D eigenvalue weighted by molar-refractivity contribution is -0.164. The molecule has 2 fully saturated rings. The molecule has 0 aromatic rings. The Bertz CT molecular complexity index is 1120. The van der Waals surface area contributed by atoms with Crippen LogP contribution in [0.25, 0.3) is 0 Å². The zero-order valence-electron chi connectivity index (χ0n) is 33.7. The van der Waals surface area contributed by atoms with E-state index in [0.717, 1.165) is 109 Å². The van der Waals surface area contributed by atoms with E-state index in [0.29, 0.717) is 12.0 Å². The Hall–Kier alpha value is -2.46. The number of carbonyl (C=O) groups excluding carboxylic acids is 4. The van der Waals surface area contributed by atoms with Crippen molar-refractivity contribution in [1.29, 1.82) is 0 Å². The van der Waals surface area contributed by atoms with Crippen molar-refractivity contribution in [3.05, 3.63) is 11.6 Å². The predicted octanol–water partition coefficient (Wildman–Crippen LogP) is 9.57. The van der Waals surface area contributed by atoms with E-state index in [4.69, 9.17) is 28.4 Å². The Morgan fingerprint density at radius 2 is 1.04 bits per heavy atom. The van der Waals surface area contributed by atoms with Crippen LogP contribution in [0.2, 0.25) is 0 Å². The molecule has 2 saturated heterocycles. The fourth-order valence-electron chi connectivity index (χ4n) is 8.26. The number of hydrogen-bond acceptors (Lipinski definition) is 10. The SMILES string of the molecule is CCCCCCCCCC[C@H](OC(C)=O)[C@H]1CC[C@@H]([C@@H]2CC[C@H]([C@@H](CCCCCCCCCC[C@H](CC3=C[C@H](C)OC3=O)OC(C)=O)OC(C)=O)O2)O1. The van der Waals surface area contributed by atoms with Crippen molar-refractivity contribution < 1.29 is 47.6 Å². The van der Waals surface area contributed by atoms with Crippen LogP contribution in [0, 0.1) is 0 Å². The van der Waals surface area contributed by atoms with Crippen molar-refractivity contribution in [2.24, 2.45) is 0 Å². The van der Waals surface area contributed by atoms with Crippen molar-refractivity contribution in [3.63, 3.8) is 0 Å². The third-order valence-electron chi connectivity index (χ3n) is 10.9. The second-order valence-electron chi connectivity index (χ2n) is 15.8. The number of unbranched alkanes of at least 4 members (excludes halogenated alkanes) is 14. The predicted molar refractivity (Wildman–Crippen MR) is 204 cm³/mol. The van der Waals surface area contributed by atoms with Gasteiger partial charge >= 0.3 is 23.9 Å². The normalized spacial score (nSPS) is 24.4. The van der Waals surface area contributed by atoms with Crippen LogP contribution in [0.1, 0.15) is 189 Å². The number of ether oxygens (including phenoxy) is 6. The van der Waals surface area contributed by atoms with Gasteiger partial charge in [-0.25, -0.2) is 4.79 Å². The summed E-state index contributed by atoms with van der Waals surface area (Å²) in [7, 11) is 0. The van der Waals surface area contributed by atoms with Gasteiger partial charge in [0.25, 0.3) is 0 Å². The zero-order chi connectivity index (χ0) is 38.4. The van der Waals surface area contributed by atoms with Gasteiger partial charge < -0.3 is 28.4 Å². The highest BCUT2D eigenvalue weighted by Crippen LogP contribution is 2.36. The van der Waals surface area contributed by atoms with E-state index in [1.165, 1.54) is 59.3 Å². The van der Waals surface area contributed by atoms with E-state index in [9.17, 15) is 19.2 Å². The second-order valence-corrected chi connectivity index (χ2v) is 15.8. The van der Waals surface area contributed by atoms with Gasteiger partial charge in [-0.15, -0.1) is 0 Å². The monoisotopic (exact) mass is 749 g/mol. The van der Waals surface area contributed by atoms with Crippen molar-refractivity contribution in [1.82, 2.24) is 0 Å². The van der Waals surface area contributed by atoms with Crippen LogP contribution in [-0.2, 0) is 47.6 Å². The first-order valence-electron chi connectivity index (χ1n) is 21.3. The number of cyclic esters (lactones) is 1. The molecule has 3 rings (SSSR count). The first-order chi connectivity index (χ1) is 25.5. The average Bonchev–Trinajstić information content (AvgIpc) is 3.85. The Kier molecular flexibility index (Phi) is 21.7. The molecule has 0 unspecified atom stereocenters. The number of rotatable bonds is 28. The Balaban J connectivity index is 1.30. The molecular formula is C43H72O10. The molecule has 0 bridgehead atoms. The van der Waals surface area contributed by atoms with Gasteiger partial charge in [-0.1, -0.05) is 90.4 Å². The first-order valence-corrected chi connectivity index (χ1v) is 21.3. The lowest BCUT2D eigenvalue weighted by Crippen LogP contribution is -2.35. The minimum absolute atomic E-state index is 0.0283. The largest absolute Gasteiger partial charge is 0.462 e. The third kappa shape index (κ3) is 18.2. The molecule has 0 amide bonds. The summed E-state index contributed by atoms with van der Waals surface area (Å²) in [5, 5.41) is 0. The van der Waals surface area contributed by atoms with Crippen LogP contribution in [0.3, 0.4) is 0 Å². The highest BCUT2D eigenvalue weighted by atomic mass is 16.6. The number of hydrogen-bond donors (Lipinski definition) is 0. The molecular weight excluding hydrogens is 676 g/mol. The molecule has 3 aliphatic heterocycles. The van der Waals surface area contributed by atoms with Gasteiger partial charge in [0.2, 0.25) is 0 Å². The molecule has 304 valence electrons. The van der Waals surface area contributed by atoms with E-state index in [1.807, 2.05) is 13.0 Å². The quantitative estimate of drug-likeness (QED) is 0.0434. The van der Waals surface area contributed by atoms with E-state index >= 15 is 0 Å². The topological polar surface area (TPSA) is 124 Å². The van der Waals surface area contributed by atoms with E-state index < -0.39 is 0 Å². The molecule has 53 heavy (non-hydrogen) atoms. The van der Waals surface area contributed by atoms with Gasteiger partial charge in [0, 0.05) is 32.8 Å². The summed E-state index contributed by atoms with van der Waals surface area (Å²) < 4.78 is 35.2. The first kappa shape index (κ1) is 44.9. The molecule has 0 radical (unpaired) electrons. The zero-order valence-corrected chi connectivity index (χ0v) is 33.7. The molecule has 0 saturated carbocycles. The smallest absolute Gasteiger partial charge is 0.334 e. The van der Waals surface area contributed by atoms with Crippen LogP contribution >= 0.6 is 0 Å². The van der Waals surface area contributed by atoms with Gasteiger partial charge in [-0.05, 0) is 77.2 Å². The number of carbonyl (C=O) groups is 4. The molecule has 10 heteroatoms. The van der Waals surface area contributed by atoms with Crippen LogP contribution in [-0.4, -0.2) is 72.7 Å². The Morgan fingerprint density at radius 1 is 0.623 bits per heavy atom. The summed E-state index contributed by atoms with van der Waals surface area (Å²) in [5.74, 6) is -1.15. The minimum atomic E-state index is -0.322. The average molecular weight is 749 g/mol. The number of esters is 4. The van der Waals surface area contributed by atoms with Crippen LogP contribution in [0.5, 0.6) is 0 Å². The lowest BCUT2D eigenvalue weighted by Gasteiger charge is -2.27. The summed E-state index contributed by atoms with van der Waals surface area (Å²) in [6, 6.07) is 0. The fourth-order valence-corrected chi connectivity index (χ4v) is 8.26. The minimum Gasteiger partial charge on any atom is -0.462 e. The van der Waals surface area contributed by atoms with E-state index in [1.54, 1.807) is 0 Å². The van der Waals surface area contributed by atoms with Gasteiger partial charge in [0.05, 0.1) is 24.4 Å². The van der Waals surface area contributed by atoms with Crippen LogP contribution in [0.4, 0.5) is 0 Å². The van der Waals surface area contributed by atoms with Gasteiger partial charge in [-0.2, -0.15) is 0 Å². The summed E-state index contributed by atoms with van der Waals surface area (Å²) >= 11 is 0. The Labute approximate surface area is 320 Å². The lowest BCUT2D eigenvalue weighted by atomic mass is 9.99. The maximum atomic E-state index is 12.0. The molecule has 0 aliphatic carbocycles. The summed E-state index contributed by atoms with van der Waals surface area (Å²) in [6.07, 6.45) is 25.3. The van der Waals surface area contributed by atoms with E-state index in [2.05, 4.69) is 6.92 Å². The highest BCUT2D eigenvalue weighted by Gasteiger charge is 2.42. The van der Waals surface area contributed by atoms with Crippen molar-refractivity contribution in [2.45, 2.75) is 238 Å². The van der Waals surface area contributed by atoms with Crippen molar-refractivity contribution >= 4 is 23.9 Å². The Morgan fingerprint density at radius 3 is 1.43 bits per heavy atom. The fraction of sp³-hybridized carbons (Fsp3) is 0.860. The highest BCUT2D eigenvalue weighted by molar-refractivity contribution is 5.90.